The largest absolute Gasteiger partial charge is 0.461 e. The van der Waals surface area contributed by atoms with Crippen molar-refractivity contribution in [3.05, 3.63) is 181 Å². The number of allylic oxidation sites excluding steroid dienone is 2. The number of cyclic esters (lactones) is 1. The predicted molar refractivity (Wildman–Crippen MR) is 371 cm³/mol. The van der Waals surface area contributed by atoms with E-state index in [2.05, 4.69) is 296 Å². The number of esters is 2. The van der Waals surface area contributed by atoms with Crippen LogP contribution in [0.15, 0.2) is 181 Å². The normalized spacial score (nSPS) is 28.0. The van der Waals surface area contributed by atoms with E-state index in [-0.39, 0.29) is 81.4 Å². The van der Waals surface area contributed by atoms with Crippen molar-refractivity contribution in [2.24, 2.45) is 52.3 Å². The van der Waals surface area contributed by atoms with E-state index in [1.54, 1.807) is 6.08 Å². The monoisotopic (exact) mass is 1240 g/mol. The molecule has 1 saturated carbocycles. The van der Waals surface area contributed by atoms with Crippen molar-refractivity contribution in [3.63, 3.8) is 0 Å². The number of carbonyl (C=O) groups is 2. The van der Waals surface area contributed by atoms with Gasteiger partial charge in [-0.2, -0.15) is 0 Å². The number of hydrogen-bond donors (Lipinski definition) is 0. The van der Waals surface area contributed by atoms with Crippen molar-refractivity contribution in [1.29, 1.82) is 0 Å². The van der Waals surface area contributed by atoms with Gasteiger partial charge in [0.25, 0.3) is 16.6 Å². The first kappa shape index (κ1) is 68.9. The molecule has 0 amide bonds. The molecule has 12 atom stereocenters. The van der Waals surface area contributed by atoms with Gasteiger partial charge in [0.05, 0.1) is 24.2 Å². The second-order valence-corrected chi connectivity index (χ2v) is 44.8. The smallest absolute Gasteiger partial charge is 0.341 e. The van der Waals surface area contributed by atoms with Crippen LogP contribution in [0.5, 0.6) is 0 Å². The third-order valence-corrected chi connectivity index (χ3v) is 35.5. The lowest BCUT2D eigenvalue weighted by atomic mass is 9.50. The van der Waals surface area contributed by atoms with Crippen LogP contribution in [-0.2, 0) is 37.1 Å². The van der Waals surface area contributed by atoms with Crippen molar-refractivity contribution >= 4 is 57.6 Å². The Morgan fingerprint density at radius 1 is 0.716 bits per heavy atom. The van der Waals surface area contributed by atoms with Crippen LogP contribution in [0.2, 0.25) is 28.2 Å². The maximum Gasteiger partial charge on any atom is 0.341 e. The Balaban J connectivity index is 1.22. The number of carbonyl (C=O) groups excluding carboxylic acids is 2. The molecule has 4 aromatic rings. The Kier molecular flexibility index (Phi) is 20.6. The molecule has 88 heavy (non-hydrogen) atoms. The van der Waals surface area contributed by atoms with Gasteiger partial charge in [-0.3, -0.25) is 4.79 Å². The Hall–Kier alpha value is -4.99. The molecule has 1 spiro atoms. The molecule has 11 heteroatoms. The lowest BCUT2D eigenvalue weighted by Crippen LogP contribution is -2.69. The van der Waals surface area contributed by atoms with Gasteiger partial charge in [-0.1, -0.05) is 274 Å². The fourth-order valence-corrected chi connectivity index (χ4v) is 26.1. The van der Waals surface area contributed by atoms with E-state index in [9.17, 15) is 4.79 Å². The van der Waals surface area contributed by atoms with Crippen molar-refractivity contribution < 1.29 is 37.1 Å². The summed E-state index contributed by atoms with van der Waals surface area (Å²) in [5.74, 6) is -1.14. The Bertz CT molecular complexity index is 3100. The summed E-state index contributed by atoms with van der Waals surface area (Å²) in [6.07, 6.45) is 13.9. The van der Waals surface area contributed by atoms with Crippen molar-refractivity contribution in [2.45, 2.75) is 196 Å². The van der Waals surface area contributed by atoms with Gasteiger partial charge in [0.15, 0.2) is 13.9 Å². The minimum atomic E-state index is -3.01. The van der Waals surface area contributed by atoms with E-state index in [1.807, 2.05) is 0 Å². The number of hydrogen-bond acceptors (Lipinski definition) is 8. The van der Waals surface area contributed by atoms with Gasteiger partial charge in [0.1, 0.15) is 6.61 Å². The average molecular weight is 1250 g/mol. The average Bonchev–Trinajstić information content (AvgIpc) is 0.771. The van der Waals surface area contributed by atoms with E-state index in [1.165, 1.54) is 20.7 Å². The molecule has 0 N–H and O–H groups in total. The van der Waals surface area contributed by atoms with Gasteiger partial charge < -0.3 is 27.5 Å². The van der Waals surface area contributed by atoms with Crippen LogP contribution >= 0.6 is 0 Å². The highest BCUT2D eigenvalue weighted by atomic mass is 28.4. The summed E-state index contributed by atoms with van der Waals surface area (Å²) in [6.45, 7) is 49.5. The van der Waals surface area contributed by atoms with Gasteiger partial charge in [0, 0.05) is 23.2 Å². The molecule has 2 fully saturated rings. The minimum absolute atomic E-state index is 0.0531. The number of ether oxygens (including phenoxy) is 3. The molecule has 4 aromatic carbocycles. The SMILES string of the molecule is C=CCOC(=O)[C@@]1(C)[C@H]2[C@H](C=C[C@H]1/C(C)=C/C[C@H](O[Si](C)(C)C(C)(C)C)/C(C)=C/[C@@H]1C=C(CO[Si](c3ccccc3)(c3ccccc3)C(C)(C)C)[C@H](C)C[C@]13O[C@@H](C(C)(C)C)OC3=O)[C@@H](O[Si](c1ccccc1)(c1ccccc1)C(C)(C)C)[C@@H](C)C[C@@H]2C. The van der Waals surface area contributed by atoms with Crippen LogP contribution in [0, 0.1) is 52.3 Å². The van der Waals surface area contributed by atoms with Crippen LogP contribution in [0.1, 0.15) is 144 Å². The molecule has 0 radical (unpaired) electrons. The van der Waals surface area contributed by atoms with Crippen molar-refractivity contribution in [3.8, 4) is 0 Å². The minimum Gasteiger partial charge on any atom is -0.461 e. The third kappa shape index (κ3) is 13.2. The van der Waals surface area contributed by atoms with Gasteiger partial charge in [-0.25, -0.2) is 4.79 Å². The number of benzene rings is 4. The molecule has 1 aliphatic heterocycles. The van der Waals surface area contributed by atoms with E-state index < -0.39 is 53.6 Å². The lowest BCUT2D eigenvalue weighted by molar-refractivity contribution is -0.169. The predicted octanol–water partition coefficient (Wildman–Crippen LogP) is 16.3. The maximum absolute atomic E-state index is 15.4. The summed E-state index contributed by atoms with van der Waals surface area (Å²) >= 11 is 0. The molecule has 0 unspecified atom stereocenters. The standard InChI is InChI=1S/C77H108O8Si3/c1-22-47-80-69(78)76(19)65(45-44-64-67(76)55(4)48-56(5)68(64)85-88(75(16,17)18,62-39-31-25-32-40-62)63-41-33-26-34-42-63)53(2)43-46-66(84-86(20,21)73(10,11)12)54(3)49-59-50-58(57(6)51-77(59)70(79)82-71(83-77)72(7,8)9)52-81-87(74(13,14)15,60-35-27-23-28-36-60)61-37-29-24-30-38-61/h22-45,49-50,55-57,59,64-68,71H,1,46-48,51-52H2,2-21H3/b53-43+,54-49+/t55-,56-,57+,59+,64-,65-,66-,67+,68-,71-,76+,77-/m0/s1. The fraction of sp³-hybridized carbons (Fsp3) is 0.532. The van der Waals surface area contributed by atoms with Gasteiger partial charge >= 0.3 is 11.9 Å². The molecule has 476 valence electrons. The van der Waals surface area contributed by atoms with E-state index in [0.29, 0.717) is 19.4 Å². The fourth-order valence-electron chi connectivity index (χ4n) is 15.4. The first-order valence-electron chi connectivity index (χ1n) is 32.7. The van der Waals surface area contributed by atoms with Crippen molar-refractivity contribution in [2.75, 3.05) is 13.2 Å². The summed E-state index contributed by atoms with van der Waals surface area (Å²) in [5, 5.41) is 4.37. The number of rotatable bonds is 19. The number of fused-ring (bicyclic) bond motifs is 1. The zero-order chi connectivity index (χ0) is 64.6. The second-order valence-electron chi connectivity index (χ2n) is 31.5. The summed E-state index contributed by atoms with van der Waals surface area (Å²) in [4.78, 5) is 30.2. The topological polar surface area (TPSA) is 89.5 Å². The second kappa shape index (κ2) is 26.3. The third-order valence-electron chi connectivity index (χ3n) is 21.0. The molecular formula is C77H108O8Si3. The van der Waals surface area contributed by atoms with Crippen LogP contribution in [0.3, 0.4) is 0 Å². The lowest BCUT2D eigenvalue weighted by Gasteiger charge is -2.57. The van der Waals surface area contributed by atoms with E-state index in [0.717, 1.165) is 23.1 Å². The molecule has 1 saturated heterocycles. The highest BCUT2D eigenvalue weighted by Crippen LogP contribution is 2.58. The molecule has 4 aliphatic rings. The molecule has 8 rings (SSSR count). The van der Waals surface area contributed by atoms with Gasteiger partial charge in [-0.05, 0) is 124 Å². The first-order chi connectivity index (χ1) is 41.1. The summed E-state index contributed by atoms with van der Waals surface area (Å²) in [5.41, 5.74) is 0.554. The summed E-state index contributed by atoms with van der Waals surface area (Å²) in [6, 6.07) is 43.4. The zero-order valence-corrected chi connectivity index (χ0v) is 60.3. The van der Waals surface area contributed by atoms with Crippen LogP contribution in [-0.4, -0.2) is 74.2 Å². The Labute approximate surface area is 534 Å². The van der Waals surface area contributed by atoms with Crippen LogP contribution < -0.4 is 20.7 Å². The molecule has 0 aromatic heterocycles. The molecular weight excluding hydrogens is 1140 g/mol. The molecule has 0 bridgehead atoms. The summed E-state index contributed by atoms with van der Waals surface area (Å²) in [7, 11) is -8.40. The molecule has 1 heterocycles. The quantitative estimate of drug-likeness (QED) is 0.0521. The van der Waals surface area contributed by atoms with Crippen LogP contribution in [0.4, 0.5) is 0 Å². The first-order valence-corrected chi connectivity index (χ1v) is 39.5. The van der Waals surface area contributed by atoms with Crippen LogP contribution in [0.25, 0.3) is 0 Å². The highest BCUT2D eigenvalue weighted by molar-refractivity contribution is 7.00. The van der Waals surface area contributed by atoms with E-state index in [4.69, 9.17) is 27.5 Å². The van der Waals surface area contributed by atoms with E-state index >= 15 is 4.79 Å². The van der Waals surface area contributed by atoms with Gasteiger partial charge in [-0.15, -0.1) is 0 Å². The molecule has 3 aliphatic carbocycles. The van der Waals surface area contributed by atoms with Crippen molar-refractivity contribution in [1.82, 2.24) is 0 Å². The Morgan fingerprint density at radius 2 is 1.22 bits per heavy atom. The summed E-state index contributed by atoms with van der Waals surface area (Å²) < 4.78 is 43.0. The Morgan fingerprint density at radius 3 is 1.67 bits per heavy atom. The maximum atomic E-state index is 15.4. The molecule has 8 nitrogen and oxygen atoms in total. The van der Waals surface area contributed by atoms with Gasteiger partial charge in [0.2, 0.25) is 6.29 Å². The zero-order valence-electron chi connectivity index (χ0n) is 57.3. The highest BCUT2D eigenvalue weighted by Gasteiger charge is 2.63.